The number of ether oxygens (including phenoxy) is 1. The highest BCUT2D eigenvalue weighted by Crippen LogP contribution is 2.06. The van der Waals surface area contributed by atoms with Crippen LogP contribution in [0.2, 0.25) is 0 Å². The van der Waals surface area contributed by atoms with Gasteiger partial charge in [-0.05, 0) is 6.42 Å². The average molecular weight is 281 g/mol. The van der Waals surface area contributed by atoms with Gasteiger partial charge in [-0.25, -0.2) is 13.1 Å². The summed E-state index contributed by atoms with van der Waals surface area (Å²) in [5.74, 6) is -2.81. The third kappa shape index (κ3) is 7.23. The third-order valence-electron chi connectivity index (χ3n) is 2.34. The molecule has 0 aliphatic rings. The van der Waals surface area contributed by atoms with E-state index in [1.807, 2.05) is 6.92 Å². The Hall–Kier alpha value is -1.15. The van der Waals surface area contributed by atoms with Gasteiger partial charge >= 0.3 is 11.9 Å². The first-order valence-corrected chi connectivity index (χ1v) is 7.24. The first-order chi connectivity index (χ1) is 8.32. The topological polar surface area (TPSA) is 110 Å². The summed E-state index contributed by atoms with van der Waals surface area (Å²) < 4.78 is 29.5. The second-order valence-corrected chi connectivity index (χ2v) is 5.74. The van der Waals surface area contributed by atoms with Gasteiger partial charge in [0.2, 0.25) is 10.0 Å². The molecule has 0 amide bonds. The van der Waals surface area contributed by atoms with E-state index in [1.54, 1.807) is 0 Å². The number of hydrogen-bond acceptors (Lipinski definition) is 5. The van der Waals surface area contributed by atoms with E-state index in [1.165, 1.54) is 7.11 Å². The van der Waals surface area contributed by atoms with Crippen molar-refractivity contribution in [2.75, 3.05) is 19.4 Å². The Balaban J connectivity index is 4.23. The van der Waals surface area contributed by atoms with E-state index in [0.29, 0.717) is 12.8 Å². The number of methoxy groups -OCH3 is 1. The number of carboxylic acids is 1. The smallest absolute Gasteiger partial charge is 0.307 e. The number of aliphatic carboxylic acids is 1. The molecule has 0 aromatic rings. The largest absolute Gasteiger partial charge is 0.481 e. The normalized spacial score (nSPS) is 13.0. The Morgan fingerprint density at radius 2 is 2.00 bits per heavy atom. The highest BCUT2D eigenvalue weighted by molar-refractivity contribution is 7.89. The fourth-order valence-corrected chi connectivity index (χ4v) is 2.32. The minimum Gasteiger partial charge on any atom is -0.481 e. The van der Waals surface area contributed by atoms with Crippen molar-refractivity contribution < 1.29 is 27.9 Å². The van der Waals surface area contributed by atoms with Crippen LogP contribution < -0.4 is 4.72 Å². The quantitative estimate of drug-likeness (QED) is 0.574. The zero-order valence-electron chi connectivity index (χ0n) is 10.5. The van der Waals surface area contributed by atoms with Crippen LogP contribution in [-0.4, -0.2) is 44.9 Å². The summed E-state index contributed by atoms with van der Waals surface area (Å²) in [6, 6.07) is 0. The highest BCUT2D eigenvalue weighted by Gasteiger charge is 2.20. The van der Waals surface area contributed by atoms with Crippen LogP contribution in [-0.2, 0) is 24.3 Å². The van der Waals surface area contributed by atoms with E-state index in [2.05, 4.69) is 9.46 Å². The summed E-state index contributed by atoms with van der Waals surface area (Å²) in [6.45, 7) is 1.66. The zero-order chi connectivity index (χ0) is 14.2. The number of esters is 1. The molecule has 0 aliphatic carbocycles. The van der Waals surface area contributed by atoms with Crippen LogP contribution in [0.1, 0.15) is 26.2 Å². The molecule has 0 saturated carbocycles. The molecule has 0 fully saturated rings. The van der Waals surface area contributed by atoms with Gasteiger partial charge in [-0.1, -0.05) is 13.3 Å². The van der Waals surface area contributed by atoms with Crippen LogP contribution in [0.5, 0.6) is 0 Å². The molecule has 8 heteroatoms. The molecule has 0 aliphatic heterocycles. The number of rotatable bonds is 9. The van der Waals surface area contributed by atoms with Crippen molar-refractivity contribution in [3.8, 4) is 0 Å². The van der Waals surface area contributed by atoms with Crippen molar-refractivity contribution in [1.82, 2.24) is 4.72 Å². The van der Waals surface area contributed by atoms with E-state index >= 15 is 0 Å². The van der Waals surface area contributed by atoms with Gasteiger partial charge in [0, 0.05) is 6.54 Å². The molecule has 106 valence electrons. The maximum Gasteiger partial charge on any atom is 0.307 e. The average Bonchev–Trinajstić information content (AvgIpc) is 2.31. The van der Waals surface area contributed by atoms with Crippen molar-refractivity contribution in [2.45, 2.75) is 26.2 Å². The monoisotopic (exact) mass is 281 g/mol. The maximum atomic E-state index is 11.5. The predicted molar refractivity (Wildman–Crippen MR) is 64.5 cm³/mol. The lowest BCUT2D eigenvalue weighted by molar-refractivity contribution is -0.142. The maximum absolute atomic E-state index is 11.5. The molecule has 0 aromatic heterocycles. The minimum absolute atomic E-state index is 0.160. The van der Waals surface area contributed by atoms with Crippen molar-refractivity contribution in [3.63, 3.8) is 0 Å². The van der Waals surface area contributed by atoms with Crippen molar-refractivity contribution >= 4 is 22.0 Å². The van der Waals surface area contributed by atoms with Gasteiger partial charge in [0.25, 0.3) is 0 Å². The van der Waals surface area contributed by atoms with E-state index in [9.17, 15) is 18.0 Å². The molecule has 0 saturated heterocycles. The molecule has 7 nitrogen and oxygen atoms in total. The molecular weight excluding hydrogens is 262 g/mol. The number of carbonyl (C=O) groups is 2. The standard InChI is InChI=1S/C10H19NO6S/c1-3-4-8(10(13)14)7-11-18(15,16)6-5-9(12)17-2/h8,11H,3-7H2,1-2H3,(H,13,14). The molecule has 0 spiro atoms. The van der Waals surface area contributed by atoms with E-state index in [0.717, 1.165) is 0 Å². The SMILES string of the molecule is CCCC(CNS(=O)(=O)CCC(=O)OC)C(=O)O. The van der Waals surface area contributed by atoms with Gasteiger partial charge in [0.05, 0.1) is 25.2 Å². The van der Waals surface area contributed by atoms with Crippen molar-refractivity contribution in [3.05, 3.63) is 0 Å². The first-order valence-electron chi connectivity index (χ1n) is 5.59. The Bertz CT molecular complexity index is 378. The van der Waals surface area contributed by atoms with Crippen LogP contribution in [0.15, 0.2) is 0 Å². The van der Waals surface area contributed by atoms with Gasteiger partial charge in [-0.15, -0.1) is 0 Å². The van der Waals surface area contributed by atoms with Crippen molar-refractivity contribution in [2.24, 2.45) is 5.92 Å². The Kier molecular flexibility index (Phi) is 7.53. The fraction of sp³-hybridized carbons (Fsp3) is 0.800. The second kappa shape index (κ2) is 8.04. The van der Waals surface area contributed by atoms with Gasteiger partial charge < -0.3 is 9.84 Å². The lowest BCUT2D eigenvalue weighted by Crippen LogP contribution is -2.34. The molecule has 0 bridgehead atoms. The first kappa shape index (κ1) is 16.9. The van der Waals surface area contributed by atoms with Crippen LogP contribution in [0.3, 0.4) is 0 Å². The molecule has 1 unspecified atom stereocenters. The van der Waals surface area contributed by atoms with Crippen LogP contribution >= 0.6 is 0 Å². The molecule has 0 aromatic carbocycles. The lowest BCUT2D eigenvalue weighted by Gasteiger charge is -2.12. The van der Waals surface area contributed by atoms with E-state index < -0.39 is 33.6 Å². The van der Waals surface area contributed by atoms with Crippen LogP contribution in [0.25, 0.3) is 0 Å². The fourth-order valence-electron chi connectivity index (χ4n) is 1.28. The summed E-state index contributed by atoms with van der Waals surface area (Å²) in [4.78, 5) is 21.6. The number of hydrogen-bond donors (Lipinski definition) is 2. The van der Waals surface area contributed by atoms with Crippen LogP contribution in [0, 0.1) is 5.92 Å². The number of nitrogens with one attached hydrogen (secondary N) is 1. The van der Waals surface area contributed by atoms with E-state index in [-0.39, 0.29) is 13.0 Å². The van der Waals surface area contributed by atoms with Gasteiger partial charge in [-0.3, -0.25) is 9.59 Å². The molecule has 2 N–H and O–H groups in total. The number of carboxylic acid groups (broad SMARTS) is 1. The summed E-state index contributed by atoms with van der Waals surface area (Å²) in [6.07, 6.45) is 0.799. The predicted octanol–water partition coefficient (Wildman–Crippen LogP) is -0.0302. The molecule has 18 heavy (non-hydrogen) atoms. The van der Waals surface area contributed by atoms with Gasteiger partial charge in [-0.2, -0.15) is 0 Å². The summed E-state index contributed by atoms with van der Waals surface area (Å²) in [5.41, 5.74) is 0. The highest BCUT2D eigenvalue weighted by atomic mass is 32.2. The molecule has 1 atom stereocenters. The summed E-state index contributed by atoms with van der Waals surface area (Å²) in [7, 11) is -2.48. The second-order valence-electron chi connectivity index (χ2n) is 3.82. The van der Waals surface area contributed by atoms with Crippen LogP contribution in [0.4, 0.5) is 0 Å². The molecular formula is C10H19NO6S. The summed E-state index contributed by atoms with van der Waals surface area (Å²) in [5, 5.41) is 8.85. The Morgan fingerprint density at radius 3 is 2.44 bits per heavy atom. The molecule has 0 heterocycles. The molecule has 0 radical (unpaired) electrons. The number of sulfonamides is 1. The third-order valence-corrected chi connectivity index (χ3v) is 3.69. The number of carbonyl (C=O) groups excluding carboxylic acids is 1. The van der Waals surface area contributed by atoms with Gasteiger partial charge in [0.1, 0.15) is 0 Å². The van der Waals surface area contributed by atoms with E-state index in [4.69, 9.17) is 5.11 Å². The molecule has 0 rings (SSSR count). The van der Waals surface area contributed by atoms with Gasteiger partial charge in [0.15, 0.2) is 0 Å². The lowest BCUT2D eigenvalue weighted by atomic mass is 10.1. The minimum atomic E-state index is -3.65. The Morgan fingerprint density at radius 1 is 1.39 bits per heavy atom. The zero-order valence-corrected chi connectivity index (χ0v) is 11.3. The van der Waals surface area contributed by atoms with Crippen molar-refractivity contribution in [1.29, 1.82) is 0 Å². The Labute approximate surface area is 107 Å². The summed E-state index contributed by atoms with van der Waals surface area (Å²) >= 11 is 0.